The molecule has 2 amide bonds. The maximum Gasteiger partial charge on any atom is 0.252 e. The van der Waals surface area contributed by atoms with Gasteiger partial charge in [0, 0.05) is 23.5 Å². The van der Waals surface area contributed by atoms with Gasteiger partial charge in [0.05, 0.1) is 11.1 Å². The van der Waals surface area contributed by atoms with Gasteiger partial charge < -0.3 is 22.5 Å². The summed E-state index contributed by atoms with van der Waals surface area (Å²) in [6, 6.07) is 13.1. The summed E-state index contributed by atoms with van der Waals surface area (Å²) in [5.41, 5.74) is 18.8. The molecule has 6 nitrogen and oxygen atoms in total. The number of fused-ring (bicyclic) bond motifs is 1. The average Bonchev–Trinajstić information content (AvgIpc) is 3.06. The fourth-order valence-electron chi connectivity index (χ4n) is 3.02. The van der Waals surface area contributed by atoms with E-state index in [0.717, 1.165) is 0 Å². The predicted octanol–water partition coefficient (Wildman–Crippen LogP) is 2.83. The third-order valence-corrected chi connectivity index (χ3v) is 4.38. The summed E-state index contributed by atoms with van der Waals surface area (Å²) >= 11 is 0. The highest BCUT2D eigenvalue weighted by molar-refractivity contribution is 6.10. The van der Waals surface area contributed by atoms with Crippen LogP contribution in [-0.4, -0.2) is 11.8 Å². The number of rotatable bonds is 2. The zero-order valence-electron chi connectivity index (χ0n) is 15.2. The second-order valence-corrected chi connectivity index (χ2v) is 6.35. The molecule has 1 aliphatic heterocycles. The van der Waals surface area contributed by atoms with Gasteiger partial charge in [-0.2, -0.15) is 0 Å². The van der Waals surface area contributed by atoms with Crippen molar-refractivity contribution >= 4 is 23.2 Å². The molecule has 1 aliphatic rings. The molecule has 0 aliphatic carbocycles. The second kappa shape index (κ2) is 7.97. The lowest BCUT2D eigenvalue weighted by Gasteiger charge is -2.11. The largest absolute Gasteiger partial charge is 0.399 e. The van der Waals surface area contributed by atoms with Crippen LogP contribution in [-0.2, 0) is 6.54 Å². The highest BCUT2D eigenvalue weighted by Gasteiger charge is 2.28. The molecule has 0 bridgehead atoms. The van der Waals surface area contributed by atoms with Gasteiger partial charge in [-0.15, -0.1) is 0 Å². The van der Waals surface area contributed by atoms with Crippen molar-refractivity contribution in [2.24, 2.45) is 5.73 Å². The van der Waals surface area contributed by atoms with E-state index in [0.29, 0.717) is 28.1 Å². The Kier molecular flexibility index (Phi) is 5.45. The minimum absolute atomic E-state index is 0.139. The van der Waals surface area contributed by atoms with E-state index in [1.165, 1.54) is 36.4 Å². The van der Waals surface area contributed by atoms with Gasteiger partial charge in [-0.3, -0.25) is 9.59 Å². The molecular formula is C21H18F2N4O2. The Morgan fingerprint density at radius 1 is 0.897 bits per heavy atom. The summed E-state index contributed by atoms with van der Waals surface area (Å²) in [6.45, 7) is 0.231. The molecule has 1 heterocycles. The van der Waals surface area contributed by atoms with Crippen LogP contribution in [0.1, 0.15) is 26.3 Å². The number of amides is 2. The van der Waals surface area contributed by atoms with Crippen LogP contribution in [0.5, 0.6) is 0 Å². The molecule has 3 aromatic carbocycles. The molecule has 7 N–H and O–H groups in total. The van der Waals surface area contributed by atoms with Crippen LogP contribution in [0, 0.1) is 11.6 Å². The third kappa shape index (κ3) is 4.16. The van der Waals surface area contributed by atoms with Gasteiger partial charge in [0.1, 0.15) is 11.6 Å². The van der Waals surface area contributed by atoms with Gasteiger partial charge in [-0.05, 0) is 59.7 Å². The third-order valence-electron chi connectivity index (χ3n) is 4.38. The zero-order valence-corrected chi connectivity index (χ0v) is 15.2. The quantitative estimate of drug-likeness (QED) is 0.497. The number of primary amides is 1. The Morgan fingerprint density at radius 3 is 2.10 bits per heavy atom. The number of anilines is 2. The van der Waals surface area contributed by atoms with E-state index >= 15 is 0 Å². The first kappa shape index (κ1) is 19.8. The van der Waals surface area contributed by atoms with Crippen LogP contribution in [0.25, 0.3) is 11.1 Å². The number of nitrogens with one attached hydrogen (secondary N) is 1. The zero-order chi connectivity index (χ0) is 21.1. The Morgan fingerprint density at radius 2 is 1.52 bits per heavy atom. The van der Waals surface area contributed by atoms with Crippen LogP contribution in [0.3, 0.4) is 0 Å². The van der Waals surface area contributed by atoms with E-state index < -0.39 is 11.7 Å². The molecule has 0 spiro atoms. The normalized spacial score (nSPS) is 11.9. The SMILES string of the molecule is NC(=O)c1ccc(-c2ccc(N)cc2F)c2c1C(=O)NC2.Nc1ccc(F)cc1. The first-order chi connectivity index (χ1) is 13.8. The Bertz CT molecular complexity index is 1080. The monoisotopic (exact) mass is 396 g/mol. The molecular weight excluding hydrogens is 378 g/mol. The molecule has 3 aromatic rings. The van der Waals surface area contributed by atoms with Gasteiger partial charge in [-0.25, -0.2) is 8.78 Å². The molecule has 4 rings (SSSR count). The summed E-state index contributed by atoms with van der Waals surface area (Å²) in [5, 5.41) is 2.63. The fourth-order valence-corrected chi connectivity index (χ4v) is 3.02. The molecule has 29 heavy (non-hydrogen) atoms. The Balaban J connectivity index is 0.000000252. The summed E-state index contributed by atoms with van der Waals surface area (Å²) in [5.74, 6) is -1.80. The van der Waals surface area contributed by atoms with E-state index in [-0.39, 0.29) is 29.4 Å². The summed E-state index contributed by atoms with van der Waals surface area (Å²) in [6.07, 6.45) is 0. The van der Waals surface area contributed by atoms with E-state index in [9.17, 15) is 18.4 Å². The number of hydrogen-bond donors (Lipinski definition) is 4. The number of hydrogen-bond acceptors (Lipinski definition) is 4. The molecule has 0 radical (unpaired) electrons. The number of nitrogens with two attached hydrogens (primary N) is 3. The number of carbonyl (C=O) groups is 2. The van der Waals surface area contributed by atoms with Crippen molar-refractivity contribution in [1.29, 1.82) is 0 Å². The lowest BCUT2D eigenvalue weighted by atomic mass is 9.93. The van der Waals surface area contributed by atoms with Gasteiger partial charge in [0.15, 0.2) is 0 Å². The molecule has 0 unspecified atom stereocenters. The summed E-state index contributed by atoms with van der Waals surface area (Å²) < 4.78 is 26.1. The minimum atomic E-state index is -0.687. The first-order valence-electron chi connectivity index (χ1n) is 8.58. The molecule has 148 valence electrons. The number of carbonyl (C=O) groups excluding carboxylic acids is 2. The standard InChI is InChI=1S/C15H12FN3O2.C6H6FN/c16-12-5-7(17)1-2-9(12)8-3-4-10(14(18)20)13-11(8)6-19-15(13)21;7-5-1-3-6(8)4-2-5/h1-5H,6,17H2,(H2,18,20)(H,19,21);1-4H,8H2. The van der Waals surface area contributed by atoms with Crippen LogP contribution >= 0.6 is 0 Å². The van der Waals surface area contributed by atoms with E-state index in [4.69, 9.17) is 17.2 Å². The molecule has 0 fully saturated rings. The van der Waals surface area contributed by atoms with Crippen LogP contribution in [0.2, 0.25) is 0 Å². The number of nitrogen functional groups attached to an aromatic ring is 2. The summed E-state index contributed by atoms with van der Waals surface area (Å²) in [7, 11) is 0. The Hall–Kier alpha value is -3.94. The molecule has 0 saturated carbocycles. The van der Waals surface area contributed by atoms with Crippen molar-refractivity contribution < 1.29 is 18.4 Å². The van der Waals surface area contributed by atoms with Crippen molar-refractivity contribution in [3.8, 4) is 11.1 Å². The van der Waals surface area contributed by atoms with Gasteiger partial charge in [0.2, 0.25) is 5.91 Å². The van der Waals surface area contributed by atoms with Gasteiger partial charge >= 0.3 is 0 Å². The van der Waals surface area contributed by atoms with Gasteiger partial charge in [-0.1, -0.05) is 6.07 Å². The lowest BCUT2D eigenvalue weighted by molar-refractivity contribution is 0.0947. The summed E-state index contributed by atoms with van der Waals surface area (Å²) in [4.78, 5) is 23.3. The highest BCUT2D eigenvalue weighted by Crippen LogP contribution is 2.33. The molecule has 0 atom stereocenters. The highest BCUT2D eigenvalue weighted by atomic mass is 19.1. The van der Waals surface area contributed by atoms with Crippen molar-refractivity contribution in [3.05, 3.63) is 82.9 Å². The average molecular weight is 396 g/mol. The predicted molar refractivity (Wildman–Crippen MR) is 107 cm³/mol. The van der Waals surface area contributed by atoms with E-state index in [1.807, 2.05) is 0 Å². The topological polar surface area (TPSA) is 124 Å². The molecule has 8 heteroatoms. The van der Waals surface area contributed by atoms with Crippen molar-refractivity contribution in [2.45, 2.75) is 6.54 Å². The van der Waals surface area contributed by atoms with E-state index in [2.05, 4.69) is 5.32 Å². The fraction of sp³-hybridized carbons (Fsp3) is 0.0476. The maximum absolute atomic E-state index is 14.1. The van der Waals surface area contributed by atoms with Crippen LogP contribution < -0.4 is 22.5 Å². The smallest absolute Gasteiger partial charge is 0.252 e. The molecule has 0 aromatic heterocycles. The maximum atomic E-state index is 14.1. The van der Waals surface area contributed by atoms with Crippen LogP contribution in [0.15, 0.2) is 54.6 Å². The van der Waals surface area contributed by atoms with Crippen molar-refractivity contribution in [1.82, 2.24) is 5.32 Å². The Labute approximate surface area is 165 Å². The number of benzene rings is 3. The van der Waals surface area contributed by atoms with Crippen LogP contribution in [0.4, 0.5) is 20.2 Å². The number of halogens is 2. The van der Waals surface area contributed by atoms with Crippen molar-refractivity contribution in [3.63, 3.8) is 0 Å². The second-order valence-electron chi connectivity index (χ2n) is 6.35. The van der Waals surface area contributed by atoms with E-state index in [1.54, 1.807) is 18.2 Å². The van der Waals surface area contributed by atoms with Gasteiger partial charge in [0.25, 0.3) is 5.91 Å². The molecule has 0 saturated heterocycles. The minimum Gasteiger partial charge on any atom is -0.399 e. The first-order valence-corrected chi connectivity index (χ1v) is 8.58. The van der Waals surface area contributed by atoms with Crippen molar-refractivity contribution in [2.75, 3.05) is 11.5 Å². The lowest BCUT2D eigenvalue weighted by Crippen LogP contribution is -2.19.